The number of hydrogen-bond acceptors (Lipinski definition) is 2. The van der Waals surface area contributed by atoms with Gasteiger partial charge in [-0.1, -0.05) is 12.1 Å². The van der Waals surface area contributed by atoms with Crippen molar-refractivity contribution in [3.8, 4) is 5.75 Å². The van der Waals surface area contributed by atoms with Crippen molar-refractivity contribution in [3.63, 3.8) is 0 Å². The highest BCUT2D eigenvalue weighted by molar-refractivity contribution is 5.73. The monoisotopic (exact) mass is 329 g/mol. The van der Waals surface area contributed by atoms with Gasteiger partial charge in [-0.25, -0.2) is 4.79 Å². The molecule has 2 amide bonds. The van der Waals surface area contributed by atoms with Crippen LogP contribution in [0.15, 0.2) is 42.7 Å². The highest BCUT2D eigenvalue weighted by Crippen LogP contribution is 2.18. The first kappa shape index (κ1) is 17.9. The zero-order valence-corrected chi connectivity index (χ0v) is 14.8. The van der Waals surface area contributed by atoms with Crippen molar-refractivity contribution in [1.29, 1.82) is 0 Å². The maximum absolute atomic E-state index is 12.0. The summed E-state index contributed by atoms with van der Waals surface area (Å²) >= 11 is 0. The Labute approximate surface area is 144 Å². The molecule has 0 aliphatic carbocycles. The summed E-state index contributed by atoms with van der Waals surface area (Å²) in [6.07, 6.45) is 4.96. The van der Waals surface area contributed by atoms with Crippen molar-refractivity contribution >= 4 is 6.03 Å². The SMILES string of the molecule is Cc1ccc(C)c(OCCN(C)C(=O)NCCCn2cccc2)c1. The second-order valence-corrected chi connectivity index (χ2v) is 6.05. The number of likely N-dealkylation sites (N-methyl/N-ethyl adjacent to an activating group) is 1. The van der Waals surface area contributed by atoms with E-state index in [2.05, 4.69) is 16.0 Å². The van der Waals surface area contributed by atoms with Gasteiger partial charge in [-0.3, -0.25) is 0 Å². The van der Waals surface area contributed by atoms with Crippen LogP contribution in [0, 0.1) is 13.8 Å². The molecule has 5 heteroatoms. The molecular weight excluding hydrogens is 302 g/mol. The van der Waals surface area contributed by atoms with Gasteiger partial charge in [0.2, 0.25) is 0 Å². The number of ether oxygens (including phenoxy) is 1. The van der Waals surface area contributed by atoms with Crippen molar-refractivity contribution in [3.05, 3.63) is 53.9 Å². The Morgan fingerprint density at radius 1 is 1.25 bits per heavy atom. The quantitative estimate of drug-likeness (QED) is 0.756. The smallest absolute Gasteiger partial charge is 0.317 e. The van der Waals surface area contributed by atoms with Crippen molar-refractivity contribution in [2.75, 3.05) is 26.7 Å². The number of nitrogens with one attached hydrogen (secondary N) is 1. The molecule has 0 aliphatic rings. The van der Waals surface area contributed by atoms with E-state index in [4.69, 9.17) is 4.74 Å². The van der Waals surface area contributed by atoms with Crippen molar-refractivity contribution in [2.45, 2.75) is 26.8 Å². The van der Waals surface area contributed by atoms with Crippen molar-refractivity contribution < 1.29 is 9.53 Å². The lowest BCUT2D eigenvalue weighted by atomic mass is 10.1. The molecule has 0 saturated carbocycles. The van der Waals surface area contributed by atoms with Crippen molar-refractivity contribution in [1.82, 2.24) is 14.8 Å². The summed E-state index contributed by atoms with van der Waals surface area (Å²) in [6, 6.07) is 10.1. The lowest BCUT2D eigenvalue weighted by Crippen LogP contribution is -2.39. The van der Waals surface area contributed by atoms with Gasteiger partial charge in [0.25, 0.3) is 0 Å². The molecule has 0 fully saturated rings. The van der Waals surface area contributed by atoms with Gasteiger partial charge in [0.15, 0.2) is 0 Å². The standard InChI is InChI=1S/C19H27N3O2/c1-16-7-8-17(2)18(15-16)24-14-13-21(3)19(23)20-9-6-12-22-10-4-5-11-22/h4-5,7-8,10-11,15H,6,9,12-14H2,1-3H3,(H,20,23). The van der Waals surface area contributed by atoms with Crippen LogP contribution in [-0.2, 0) is 6.54 Å². The fraction of sp³-hybridized carbons (Fsp3) is 0.421. The summed E-state index contributed by atoms with van der Waals surface area (Å²) in [4.78, 5) is 13.7. The number of carbonyl (C=O) groups excluding carboxylic acids is 1. The molecule has 0 spiro atoms. The van der Waals surface area contributed by atoms with Crippen LogP contribution in [0.3, 0.4) is 0 Å². The van der Waals surface area contributed by atoms with E-state index in [0.717, 1.165) is 24.3 Å². The molecule has 0 aliphatic heterocycles. The van der Waals surface area contributed by atoms with Crippen LogP contribution in [0.4, 0.5) is 4.79 Å². The Balaban J connectivity index is 1.63. The topological polar surface area (TPSA) is 46.5 Å². The van der Waals surface area contributed by atoms with E-state index >= 15 is 0 Å². The molecule has 1 aromatic carbocycles. The lowest BCUT2D eigenvalue weighted by molar-refractivity contribution is 0.195. The highest BCUT2D eigenvalue weighted by Gasteiger charge is 2.08. The van der Waals surface area contributed by atoms with Gasteiger partial charge in [0.05, 0.1) is 6.54 Å². The first-order chi connectivity index (χ1) is 11.6. The Hall–Kier alpha value is -2.43. The average Bonchev–Trinajstić information content (AvgIpc) is 3.08. The second-order valence-electron chi connectivity index (χ2n) is 6.05. The molecule has 2 rings (SSSR count). The Morgan fingerprint density at radius 3 is 2.75 bits per heavy atom. The Bertz CT molecular complexity index is 638. The first-order valence-corrected chi connectivity index (χ1v) is 8.36. The van der Waals surface area contributed by atoms with Crippen LogP contribution in [0.1, 0.15) is 17.5 Å². The molecule has 24 heavy (non-hydrogen) atoms. The molecule has 1 aromatic heterocycles. The Morgan fingerprint density at radius 2 is 2.00 bits per heavy atom. The van der Waals surface area contributed by atoms with Crippen LogP contribution >= 0.6 is 0 Å². The summed E-state index contributed by atoms with van der Waals surface area (Å²) in [6.45, 7) is 6.68. The predicted octanol–water partition coefficient (Wildman–Crippen LogP) is 3.22. The molecule has 5 nitrogen and oxygen atoms in total. The molecule has 1 heterocycles. The molecule has 1 N–H and O–H groups in total. The van der Waals surface area contributed by atoms with Gasteiger partial charge >= 0.3 is 6.03 Å². The number of urea groups is 1. The number of aryl methyl sites for hydroxylation is 3. The van der Waals surface area contributed by atoms with E-state index in [1.165, 1.54) is 5.56 Å². The van der Waals surface area contributed by atoms with E-state index in [0.29, 0.717) is 19.7 Å². The van der Waals surface area contributed by atoms with E-state index in [1.807, 2.05) is 50.5 Å². The molecule has 2 aromatic rings. The van der Waals surface area contributed by atoms with Gasteiger partial charge in [0, 0.05) is 32.5 Å². The number of hydrogen-bond donors (Lipinski definition) is 1. The Kier molecular flexibility index (Phi) is 6.73. The van der Waals surface area contributed by atoms with Gasteiger partial charge in [0.1, 0.15) is 12.4 Å². The van der Waals surface area contributed by atoms with Crippen molar-refractivity contribution in [2.24, 2.45) is 0 Å². The number of amides is 2. The van der Waals surface area contributed by atoms with Gasteiger partial charge in [-0.2, -0.15) is 0 Å². The maximum Gasteiger partial charge on any atom is 0.317 e. The van der Waals surface area contributed by atoms with Crippen LogP contribution in [0.2, 0.25) is 0 Å². The third-order valence-electron chi connectivity index (χ3n) is 3.91. The molecule has 0 atom stereocenters. The third-order valence-corrected chi connectivity index (χ3v) is 3.91. The van der Waals surface area contributed by atoms with Crippen LogP contribution in [0.5, 0.6) is 5.75 Å². The van der Waals surface area contributed by atoms with Gasteiger partial charge in [-0.05, 0) is 49.6 Å². The van der Waals surface area contributed by atoms with Crippen LogP contribution in [0.25, 0.3) is 0 Å². The minimum atomic E-state index is -0.0629. The van der Waals surface area contributed by atoms with Gasteiger partial charge in [-0.15, -0.1) is 0 Å². The number of carbonyl (C=O) groups is 1. The predicted molar refractivity (Wildman–Crippen MR) is 96.5 cm³/mol. The number of nitrogens with zero attached hydrogens (tertiary/aromatic N) is 2. The molecule has 0 saturated heterocycles. The third kappa shape index (κ3) is 5.65. The summed E-state index contributed by atoms with van der Waals surface area (Å²) in [5, 5.41) is 2.93. The van der Waals surface area contributed by atoms with Gasteiger partial charge < -0.3 is 19.5 Å². The zero-order chi connectivity index (χ0) is 17.4. The van der Waals surface area contributed by atoms with E-state index in [9.17, 15) is 4.79 Å². The fourth-order valence-electron chi connectivity index (χ4n) is 2.37. The zero-order valence-electron chi connectivity index (χ0n) is 14.8. The summed E-state index contributed by atoms with van der Waals surface area (Å²) < 4.78 is 7.89. The summed E-state index contributed by atoms with van der Waals surface area (Å²) in [5.74, 6) is 0.885. The molecular formula is C19H27N3O2. The maximum atomic E-state index is 12.0. The van der Waals surface area contributed by atoms with Crippen LogP contribution in [-0.4, -0.2) is 42.2 Å². The fourth-order valence-corrected chi connectivity index (χ4v) is 2.37. The highest BCUT2D eigenvalue weighted by atomic mass is 16.5. The second kappa shape index (κ2) is 9.01. The molecule has 0 bridgehead atoms. The number of benzene rings is 1. The van der Waals surface area contributed by atoms with E-state index in [1.54, 1.807) is 11.9 Å². The average molecular weight is 329 g/mol. The number of aromatic nitrogens is 1. The molecule has 0 radical (unpaired) electrons. The number of rotatable bonds is 8. The largest absolute Gasteiger partial charge is 0.491 e. The van der Waals surface area contributed by atoms with Crippen LogP contribution < -0.4 is 10.1 Å². The normalized spacial score (nSPS) is 10.5. The van der Waals surface area contributed by atoms with E-state index < -0.39 is 0 Å². The summed E-state index contributed by atoms with van der Waals surface area (Å²) in [7, 11) is 1.79. The minimum Gasteiger partial charge on any atom is -0.491 e. The lowest BCUT2D eigenvalue weighted by Gasteiger charge is -2.19. The first-order valence-electron chi connectivity index (χ1n) is 8.36. The summed E-state index contributed by atoms with van der Waals surface area (Å²) in [5.41, 5.74) is 2.28. The molecule has 0 unspecified atom stereocenters. The van der Waals surface area contributed by atoms with E-state index in [-0.39, 0.29) is 6.03 Å². The minimum absolute atomic E-state index is 0.0629. The molecule has 130 valence electrons.